The fourth-order valence-electron chi connectivity index (χ4n) is 1.37. The first-order chi connectivity index (χ1) is 8.13. The molecule has 0 radical (unpaired) electrons. The van der Waals surface area contributed by atoms with Crippen LogP contribution in [0.3, 0.4) is 0 Å². The van der Waals surface area contributed by atoms with Crippen molar-refractivity contribution in [2.24, 2.45) is 0 Å². The summed E-state index contributed by atoms with van der Waals surface area (Å²) in [7, 11) is 0. The first-order valence-electron chi connectivity index (χ1n) is 4.80. The molecule has 88 valence electrons. The Labute approximate surface area is 105 Å². The van der Waals surface area contributed by atoms with Crippen molar-refractivity contribution < 1.29 is 9.59 Å². The van der Waals surface area contributed by atoms with Crippen molar-refractivity contribution in [3.8, 4) is 0 Å². The van der Waals surface area contributed by atoms with E-state index in [1.165, 1.54) is 0 Å². The van der Waals surface area contributed by atoms with Gasteiger partial charge in [0.1, 0.15) is 10.1 Å². The van der Waals surface area contributed by atoms with E-state index in [0.717, 1.165) is 17.5 Å². The van der Waals surface area contributed by atoms with Crippen LogP contribution >= 0.6 is 15.9 Å². The maximum absolute atomic E-state index is 11.8. The molecule has 0 aliphatic carbocycles. The van der Waals surface area contributed by atoms with E-state index in [2.05, 4.69) is 25.9 Å². The summed E-state index contributed by atoms with van der Waals surface area (Å²) in [5, 5.41) is 0. The Morgan fingerprint density at radius 1 is 1.41 bits per heavy atom. The first kappa shape index (κ1) is 13.3. The highest BCUT2D eigenvalue weighted by Gasteiger charge is 2.04. The molecule has 0 saturated heterocycles. The molecule has 0 spiro atoms. The molecule has 2 rings (SSSR count). The average Bonchev–Trinajstić information content (AvgIpc) is 2.31. The normalized spacial score (nSPS) is 9.29. The van der Waals surface area contributed by atoms with Gasteiger partial charge in [-0.05, 0) is 34.5 Å². The molecule has 0 aliphatic heterocycles. The Morgan fingerprint density at radius 2 is 2.06 bits per heavy atom. The van der Waals surface area contributed by atoms with Gasteiger partial charge in [-0.3, -0.25) is 4.79 Å². The van der Waals surface area contributed by atoms with Gasteiger partial charge in [0.25, 0.3) is 0 Å². The summed E-state index contributed by atoms with van der Waals surface area (Å²) >= 11 is 3.25. The minimum absolute atomic E-state index is 0.0163. The smallest absolute Gasteiger partial charge is 0.359 e. The third-order valence-corrected chi connectivity index (χ3v) is 2.59. The van der Waals surface area contributed by atoms with E-state index in [1.807, 2.05) is 19.1 Å². The molecule has 5 nitrogen and oxygen atoms in total. The van der Waals surface area contributed by atoms with E-state index in [4.69, 9.17) is 9.59 Å². The maximum Gasteiger partial charge on any atom is 0.373 e. The highest BCUT2D eigenvalue weighted by atomic mass is 79.9. The molecule has 2 heterocycles. The van der Waals surface area contributed by atoms with Gasteiger partial charge in [0.2, 0.25) is 5.43 Å². The molecule has 17 heavy (non-hydrogen) atoms. The highest BCUT2D eigenvalue weighted by Crippen LogP contribution is 2.11. The summed E-state index contributed by atoms with van der Waals surface area (Å²) in [6.07, 6.45) is 2.72. The lowest BCUT2D eigenvalue weighted by Gasteiger charge is -2.00. The van der Waals surface area contributed by atoms with E-state index in [9.17, 15) is 4.79 Å². The minimum atomic E-state index is 0.0163. The van der Waals surface area contributed by atoms with Crippen LogP contribution in [0, 0.1) is 0 Å². The Morgan fingerprint density at radius 3 is 2.65 bits per heavy atom. The number of aromatic nitrogens is 2. The SMILES string of the molecule is CCc1c[nH]c2ccc(Br)nc2c1=O.O=C=O. The average molecular weight is 297 g/mol. The van der Waals surface area contributed by atoms with Crippen LogP contribution in [0.5, 0.6) is 0 Å². The van der Waals surface area contributed by atoms with Crippen molar-refractivity contribution in [3.05, 3.63) is 38.7 Å². The van der Waals surface area contributed by atoms with E-state index < -0.39 is 0 Å². The van der Waals surface area contributed by atoms with Crippen LogP contribution in [0.15, 0.2) is 27.7 Å². The van der Waals surface area contributed by atoms with Crippen molar-refractivity contribution in [2.75, 3.05) is 0 Å². The van der Waals surface area contributed by atoms with Gasteiger partial charge in [0, 0.05) is 11.8 Å². The van der Waals surface area contributed by atoms with Crippen LogP contribution in [0.4, 0.5) is 0 Å². The lowest BCUT2D eigenvalue weighted by Crippen LogP contribution is -2.10. The van der Waals surface area contributed by atoms with Crippen molar-refractivity contribution in [1.82, 2.24) is 9.97 Å². The monoisotopic (exact) mass is 296 g/mol. The van der Waals surface area contributed by atoms with Gasteiger partial charge in [-0.25, -0.2) is 4.98 Å². The first-order valence-corrected chi connectivity index (χ1v) is 5.59. The molecule has 0 bridgehead atoms. The third kappa shape index (κ3) is 3.09. The maximum atomic E-state index is 11.8. The quantitative estimate of drug-likeness (QED) is 0.812. The number of aryl methyl sites for hydroxylation is 1. The molecule has 0 unspecified atom stereocenters. The third-order valence-electron chi connectivity index (χ3n) is 2.15. The Bertz CT molecular complexity index is 616. The van der Waals surface area contributed by atoms with Crippen LogP contribution in [0.2, 0.25) is 0 Å². The molecular weight excluding hydrogens is 288 g/mol. The Hall–Kier alpha value is -1.78. The lowest BCUT2D eigenvalue weighted by molar-refractivity contribution is -0.191. The molecule has 2 aromatic rings. The fourth-order valence-corrected chi connectivity index (χ4v) is 1.68. The topological polar surface area (TPSA) is 79.9 Å². The van der Waals surface area contributed by atoms with E-state index in [1.54, 1.807) is 6.20 Å². The lowest BCUT2D eigenvalue weighted by atomic mass is 10.2. The van der Waals surface area contributed by atoms with E-state index >= 15 is 0 Å². The van der Waals surface area contributed by atoms with Crippen molar-refractivity contribution in [2.45, 2.75) is 13.3 Å². The minimum Gasteiger partial charge on any atom is -0.359 e. The number of carbonyl (C=O) groups excluding carboxylic acids is 2. The van der Waals surface area contributed by atoms with Gasteiger partial charge in [-0.15, -0.1) is 0 Å². The summed E-state index contributed by atoms with van der Waals surface area (Å²) < 4.78 is 0.684. The molecule has 0 atom stereocenters. The van der Waals surface area contributed by atoms with Gasteiger partial charge >= 0.3 is 6.15 Å². The number of nitrogens with zero attached hydrogens (tertiary/aromatic N) is 1. The second-order valence-electron chi connectivity index (χ2n) is 3.11. The predicted molar refractivity (Wildman–Crippen MR) is 64.4 cm³/mol. The summed E-state index contributed by atoms with van der Waals surface area (Å²) in [6, 6.07) is 3.65. The Balaban J connectivity index is 0.000000437. The van der Waals surface area contributed by atoms with Gasteiger partial charge in [0.05, 0.1) is 5.52 Å². The van der Waals surface area contributed by atoms with Gasteiger partial charge < -0.3 is 4.98 Å². The molecule has 0 aliphatic rings. The van der Waals surface area contributed by atoms with Crippen LogP contribution in [0.1, 0.15) is 12.5 Å². The highest BCUT2D eigenvalue weighted by molar-refractivity contribution is 9.10. The van der Waals surface area contributed by atoms with Gasteiger partial charge in [0.15, 0.2) is 0 Å². The second-order valence-corrected chi connectivity index (χ2v) is 3.92. The number of aromatic amines is 1. The predicted octanol–water partition coefficient (Wildman–Crippen LogP) is 1.66. The molecule has 0 saturated carbocycles. The number of fused-ring (bicyclic) bond motifs is 1. The molecule has 0 fully saturated rings. The standard InChI is InChI=1S/C10H9BrN2O.CO2/c1-2-6-5-12-7-3-4-8(11)13-9(7)10(6)14;2-1-3/h3-5H,2H2,1H3,(H,12,14);. The number of rotatable bonds is 1. The largest absolute Gasteiger partial charge is 0.373 e. The second kappa shape index (κ2) is 6.08. The zero-order chi connectivity index (χ0) is 12.8. The number of nitrogens with one attached hydrogen (secondary N) is 1. The molecule has 6 heteroatoms. The summed E-state index contributed by atoms with van der Waals surface area (Å²) in [4.78, 5) is 35.3. The number of H-pyrrole nitrogens is 1. The number of halogens is 1. The number of pyridine rings is 2. The summed E-state index contributed by atoms with van der Waals surface area (Å²) in [5.41, 5.74) is 2.06. The zero-order valence-corrected chi connectivity index (χ0v) is 10.6. The van der Waals surface area contributed by atoms with Crippen LogP contribution < -0.4 is 5.43 Å². The van der Waals surface area contributed by atoms with Gasteiger partial charge in [-0.2, -0.15) is 9.59 Å². The number of hydrogen-bond donors (Lipinski definition) is 1. The Kier molecular flexibility index (Phi) is 4.75. The molecular formula is C11H9BrN2O3. The summed E-state index contributed by atoms with van der Waals surface area (Å²) in [5.74, 6) is 0. The van der Waals surface area contributed by atoms with Crippen molar-refractivity contribution in [1.29, 1.82) is 0 Å². The fraction of sp³-hybridized carbons (Fsp3) is 0.182. The molecule has 2 aromatic heterocycles. The molecule has 0 amide bonds. The molecule has 0 aromatic carbocycles. The van der Waals surface area contributed by atoms with Crippen LogP contribution in [-0.4, -0.2) is 16.1 Å². The molecule has 1 N–H and O–H groups in total. The van der Waals surface area contributed by atoms with Gasteiger partial charge in [-0.1, -0.05) is 6.92 Å². The summed E-state index contributed by atoms with van der Waals surface area (Å²) in [6.45, 7) is 1.95. The number of hydrogen-bond acceptors (Lipinski definition) is 4. The van der Waals surface area contributed by atoms with Crippen LogP contribution in [0.25, 0.3) is 11.0 Å². The zero-order valence-electron chi connectivity index (χ0n) is 8.99. The van der Waals surface area contributed by atoms with E-state index in [-0.39, 0.29) is 11.6 Å². The van der Waals surface area contributed by atoms with Crippen molar-refractivity contribution >= 4 is 33.1 Å². The van der Waals surface area contributed by atoms with Crippen molar-refractivity contribution in [3.63, 3.8) is 0 Å². The van der Waals surface area contributed by atoms with E-state index in [0.29, 0.717) is 10.1 Å². The van der Waals surface area contributed by atoms with Crippen LogP contribution in [-0.2, 0) is 16.0 Å².